The molecule has 0 saturated carbocycles. The van der Waals surface area contributed by atoms with Gasteiger partial charge in [0.25, 0.3) is 0 Å². The van der Waals surface area contributed by atoms with E-state index in [2.05, 4.69) is 14.8 Å². The van der Waals surface area contributed by atoms with Gasteiger partial charge in [0, 0.05) is 17.3 Å². The summed E-state index contributed by atoms with van der Waals surface area (Å²) in [5, 5.41) is 6.75. The van der Waals surface area contributed by atoms with Crippen molar-refractivity contribution >= 4 is 21.4 Å². The van der Waals surface area contributed by atoms with Crippen LogP contribution in [0.2, 0.25) is 0 Å². The summed E-state index contributed by atoms with van der Waals surface area (Å²) >= 11 is 1.43. The highest BCUT2D eigenvalue weighted by Gasteiger charge is 2.17. The molecule has 0 radical (unpaired) electrons. The lowest BCUT2D eigenvalue weighted by atomic mass is 10.2. The number of nitrogens with zero attached hydrogens (tertiary/aromatic N) is 3. The van der Waals surface area contributed by atoms with Gasteiger partial charge in [-0.1, -0.05) is 30.3 Å². The molecule has 0 fully saturated rings. The van der Waals surface area contributed by atoms with Gasteiger partial charge >= 0.3 is 0 Å². The van der Waals surface area contributed by atoms with Crippen LogP contribution in [-0.4, -0.2) is 23.2 Å². The van der Waals surface area contributed by atoms with Crippen LogP contribution in [0.3, 0.4) is 0 Å². The molecule has 0 saturated heterocycles. The van der Waals surface area contributed by atoms with Crippen LogP contribution in [0, 0.1) is 6.92 Å². The molecule has 2 heterocycles. The first-order valence-electron chi connectivity index (χ1n) is 7.00. The van der Waals surface area contributed by atoms with E-state index in [1.165, 1.54) is 23.7 Å². The molecule has 6 nitrogen and oxygen atoms in total. The number of sulfonamides is 1. The Labute approximate surface area is 138 Å². The van der Waals surface area contributed by atoms with Crippen LogP contribution in [0.4, 0.5) is 0 Å². The minimum absolute atomic E-state index is 0.154. The number of thiazole rings is 1. The van der Waals surface area contributed by atoms with Crippen LogP contribution in [0.15, 0.2) is 53.0 Å². The molecule has 1 aromatic carbocycles. The van der Waals surface area contributed by atoms with Gasteiger partial charge in [0.05, 0.1) is 19.3 Å². The highest BCUT2D eigenvalue weighted by Crippen LogP contribution is 2.12. The molecule has 120 valence electrons. The van der Waals surface area contributed by atoms with E-state index in [1.807, 2.05) is 42.6 Å². The van der Waals surface area contributed by atoms with Gasteiger partial charge < -0.3 is 0 Å². The summed E-state index contributed by atoms with van der Waals surface area (Å²) in [6.07, 6.45) is 2.89. The molecule has 3 aromatic rings. The second kappa shape index (κ2) is 6.61. The maximum absolute atomic E-state index is 12.3. The topological polar surface area (TPSA) is 76.9 Å². The van der Waals surface area contributed by atoms with E-state index in [-0.39, 0.29) is 11.4 Å². The van der Waals surface area contributed by atoms with Crippen molar-refractivity contribution in [1.82, 2.24) is 19.5 Å². The molecule has 8 heteroatoms. The molecule has 2 aromatic heterocycles. The largest absolute Gasteiger partial charge is 0.267 e. The molecule has 23 heavy (non-hydrogen) atoms. The third-order valence-corrected chi connectivity index (χ3v) is 5.51. The monoisotopic (exact) mass is 348 g/mol. The van der Waals surface area contributed by atoms with Gasteiger partial charge in [-0.3, -0.25) is 4.68 Å². The predicted octanol–water partition coefficient (Wildman–Crippen LogP) is 2.17. The van der Waals surface area contributed by atoms with Crippen LogP contribution >= 0.6 is 11.3 Å². The molecule has 0 spiro atoms. The summed E-state index contributed by atoms with van der Waals surface area (Å²) in [7, 11) is -3.59. The summed E-state index contributed by atoms with van der Waals surface area (Å²) < 4.78 is 28.7. The Hall–Kier alpha value is -2.03. The third-order valence-electron chi connectivity index (χ3n) is 3.19. The van der Waals surface area contributed by atoms with Crippen molar-refractivity contribution in [3.8, 4) is 0 Å². The van der Waals surface area contributed by atoms with E-state index in [0.29, 0.717) is 6.54 Å². The maximum atomic E-state index is 12.3. The highest BCUT2D eigenvalue weighted by atomic mass is 32.2. The number of benzene rings is 1. The number of aryl methyl sites for hydroxylation is 1. The van der Waals surface area contributed by atoms with E-state index >= 15 is 0 Å². The van der Waals surface area contributed by atoms with E-state index in [1.54, 1.807) is 4.68 Å². The van der Waals surface area contributed by atoms with Crippen LogP contribution in [0.1, 0.15) is 16.3 Å². The highest BCUT2D eigenvalue weighted by molar-refractivity contribution is 7.89. The van der Waals surface area contributed by atoms with E-state index in [9.17, 15) is 8.42 Å². The Balaban J connectivity index is 1.68. The number of hydrogen-bond acceptors (Lipinski definition) is 5. The van der Waals surface area contributed by atoms with Crippen molar-refractivity contribution < 1.29 is 8.42 Å². The zero-order valence-corrected chi connectivity index (χ0v) is 14.1. The molecule has 0 bridgehead atoms. The van der Waals surface area contributed by atoms with Gasteiger partial charge in [-0.25, -0.2) is 18.1 Å². The summed E-state index contributed by atoms with van der Waals surface area (Å²) in [5.41, 5.74) is 1.95. The normalized spacial score (nSPS) is 11.7. The number of aromatic nitrogens is 3. The summed E-state index contributed by atoms with van der Waals surface area (Å²) in [6.45, 7) is 2.59. The lowest BCUT2D eigenvalue weighted by Gasteiger charge is -2.03. The fraction of sp³-hybridized carbons (Fsp3) is 0.200. The van der Waals surface area contributed by atoms with Gasteiger partial charge in [0.2, 0.25) is 10.0 Å². The standard InChI is InChI=1S/C15H16N4O2S2/c1-12-11-22-15(18-12)8-17-23(20,21)14-7-16-19(10-14)9-13-5-3-2-4-6-13/h2-7,10-11,17H,8-9H2,1H3. The second-order valence-corrected chi connectivity index (χ2v) is 7.78. The summed E-state index contributed by atoms with van der Waals surface area (Å²) in [6, 6.07) is 9.76. The van der Waals surface area contributed by atoms with Crippen molar-refractivity contribution in [3.63, 3.8) is 0 Å². The number of hydrogen-bond donors (Lipinski definition) is 1. The molecule has 0 aliphatic heterocycles. The van der Waals surface area contributed by atoms with E-state index in [0.717, 1.165) is 16.3 Å². The van der Waals surface area contributed by atoms with Crippen LogP contribution in [-0.2, 0) is 23.1 Å². The van der Waals surface area contributed by atoms with Crippen molar-refractivity contribution in [2.75, 3.05) is 0 Å². The average Bonchev–Trinajstić information content (AvgIpc) is 3.16. The molecular weight excluding hydrogens is 332 g/mol. The fourth-order valence-electron chi connectivity index (χ4n) is 2.06. The van der Waals surface area contributed by atoms with Gasteiger partial charge in [0.1, 0.15) is 9.90 Å². The molecule has 3 rings (SSSR count). The molecular formula is C15H16N4O2S2. The van der Waals surface area contributed by atoms with Crippen molar-refractivity contribution in [3.05, 3.63) is 64.4 Å². The first-order chi connectivity index (χ1) is 11.0. The number of nitrogens with one attached hydrogen (secondary N) is 1. The average molecular weight is 348 g/mol. The van der Waals surface area contributed by atoms with Crippen LogP contribution in [0.5, 0.6) is 0 Å². The van der Waals surface area contributed by atoms with E-state index in [4.69, 9.17) is 0 Å². The van der Waals surface area contributed by atoms with Gasteiger partial charge in [-0.2, -0.15) is 5.10 Å². The first-order valence-corrected chi connectivity index (χ1v) is 9.36. The molecule has 1 N–H and O–H groups in total. The van der Waals surface area contributed by atoms with Gasteiger partial charge in [-0.05, 0) is 12.5 Å². The third kappa shape index (κ3) is 4.04. The second-order valence-electron chi connectivity index (χ2n) is 5.07. The Morgan fingerprint density at radius 1 is 1.26 bits per heavy atom. The number of rotatable bonds is 6. The maximum Gasteiger partial charge on any atom is 0.244 e. The lowest BCUT2D eigenvalue weighted by Crippen LogP contribution is -2.22. The molecule has 0 atom stereocenters. The molecule has 0 unspecified atom stereocenters. The minimum atomic E-state index is -3.59. The minimum Gasteiger partial charge on any atom is -0.267 e. The van der Waals surface area contributed by atoms with Gasteiger partial charge in [0.15, 0.2) is 0 Å². The van der Waals surface area contributed by atoms with E-state index < -0.39 is 10.0 Å². The molecule has 0 amide bonds. The Morgan fingerprint density at radius 3 is 2.74 bits per heavy atom. The fourth-order valence-corrected chi connectivity index (χ4v) is 3.81. The van der Waals surface area contributed by atoms with Crippen molar-refractivity contribution in [2.24, 2.45) is 0 Å². The van der Waals surface area contributed by atoms with Crippen molar-refractivity contribution in [1.29, 1.82) is 0 Å². The lowest BCUT2D eigenvalue weighted by molar-refractivity contribution is 0.580. The quantitative estimate of drug-likeness (QED) is 0.741. The Bertz CT molecular complexity index is 885. The summed E-state index contributed by atoms with van der Waals surface area (Å²) in [4.78, 5) is 4.39. The first kappa shape index (κ1) is 15.9. The molecule has 0 aliphatic carbocycles. The Kier molecular flexibility index (Phi) is 4.56. The smallest absolute Gasteiger partial charge is 0.244 e. The van der Waals surface area contributed by atoms with Crippen LogP contribution in [0.25, 0.3) is 0 Å². The van der Waals surface area contributed by atoms with Crippen LogP contribution < -0.4 is 4.72 Å². The molecule has 0 aliphatic rings. The Morgan fingerprint density at radius 2 is 2.04 bits per heavy atom. The zero-order chi connectivity index (χ0) is 16.3. The SMILES string of the molecule is Cc1csc(CNS(=O)(=O)c2cnn(Cc3ccccc3)c2)n1. The van der Waals surface area contributed by atoms with Gasteiger partial charge in [-0.15, -0.1) is 11.3 Å². The summed E-state index contributed by atoms with van der Waals surface area (Å²) in [5.74, 6) is 0. The zero-order valence-electron chi connectivity index (χ0n) is 12.5. The van der Waals surface area contributed by atoms with Crippen molar-refractivity contribution in [2.45, 2.75) is 24.9 Å². The predicted molar refractivity (Wildman–Crippen MR) is 88.6 cm³/mol.